The molecular weight excluding hydrogens is 377 g/mol. The van der Waals surface area contributed by atoms with E-state index in [1.165, 1.54) is 17.7 Å². The zero-order chi connectivity index (χ0) is 20.9. The third-order valence-electron chi connectivity index (χ3n) is 7.19. The Hall–Kier alpha value is -2.79. The second kappa shape index (κ2) is 6.88. The largest absolute Gasteiger partial charge is 0.385 e. The summed E-state index contributed by atoms with van der Waals surface area (Å²) in [7, 11) is 0. The summed E-state index contributed by atoms with van der Waals surface area (Å²) >= 11 is 0. The highest BCUT2D eigenvalue weighted by Gasteiger charge is 2.51. The van der Waals surface area contributed by atoms with Gasteiger partial charge in [-0.25, -0.2) is 9.37 Å². The van der Waals surface area contributed by atoms with Crippen LogP contribution in [-0.4, -0.2) is 19.6 Å². The van der Waals surface area contributed by atoms with E-state index in [2.05, 4.69) is 27.5 Å². The van der Waals surface area contributed by atoms with Crippen LogP contribution >= 0.6 is 0 Å². The van der Waals surface area contributed by atoms with Crippen LogP contribution in [0.1, 0.15) is 44.4 Å². The van der Waals surface area contributed by atoms with Gasteiger partial charge in [-0.15, -0.1) is 0 Å². The fraction of sp³-hybridized carbons (Fsp3) is 0.360. The normalized spacial score (nSPS) is 25.1. The number of aliphatic hydroxyl groups is 1. The molecule has 154 valence electrons. The van der Waals surface area contributed by atoms with Crippen molar-refractivity contribution in [3.05, 3.63) is 77.8 Å². The zero-order valence-electron chi connectivity index (χ0n) is 17.3. The molecule has 1 aliphatic heterocycles. The molecule has 1 saturated carbocycles. The van der Waals surface area contributed by atoms with Crippen molar-refractivity contribution >= 4 is 6.08 Å². The molecule has 1 aromatic carbocycles. The third kappa shape index (κ3) is 2.91. The van der Waals surface area contributed by atoms with E-state index in [0.717, 1.165) is 48.3 Å². The van der Waals surface area contributed by atoms with Gasteiger partial charge in [0.2, 0.25) is 0 Å². The van der Waals surface area contributed by atoms with Crippen molar-refractivity contribution in [1.29, 1.82) is 0 Å². The van der Waals surface area contributed by atoms with Crippen molar-refractivity contribution in [2.75, 3.05) is 0 Å². The lowest BCUT2D eigenvalue weighted by atomic mass is 9.57. The zero-order valence-corrected chi connectivity index (χ0v) is 17.3. The predicted molar refractivity (Wildman–Crippen MR) is 115 cm³/mol. The molecule has 0 saturated heterocycles. The molecule has 3 heterocycles. The number of halogens is 1. The summed E-state index contributed by atoms with van der Waals surface area (Å²) in [5, 5.41) is 11.7. The minimum atomic E-state index is -0.949. The van der Waals surface area contributed by atoms with Crippen molar-refractivity contribution in [2.45, 2.75) is 45.3 Å². The Kier molecular flexibility index (Phi) is 4.40. The van der Waals surface area contributed by atoms with Crippen LogP contribution in [0, 0.1) is 17.2 Å². The van der Waals surface area contributed by atoms with E-state index in [1.54, 1.807) is 24.5 Å². The molecule has 0 radical (unpaired) electrons. The molecule has 1 aliphatic carbocycles. The Bertz CT molecular complexity index is 1100. The molecule has 0 spiro atoms. The average molecular weight is 404 g/mol. The Balaban J connectivity index is 1.56. The number of pyridine rings is 1. The summed E-state index contributed by atoms with van der Waals surface area (Å²) in [5.74, 6) is -0.163. The highest BCUT2D eigenvalue weighted by Crippen LogP contribution is 2.55. The molecule has 1 fully saturated rings. The first-order valence-corrected chi connectivity index (χ1v) is 10.5. The lowest BCUT2D eigenvalue weighted by Gasteiger charge is -2.51. The third-order valence-corrected chi connectivity index (χ3v) is 7.19. The van der Waals surface area contributed by atoms with Crippen LogP contribution in [0.2, 0.25) is 0 Å². The van der Waals surface area contributed by atoms with Gasteiger partial charge in [0.15, 0.2) is 0 Å². The van der Waals surface area contributed by atoms with Gasteiger partial charge >= 0.3 is 0 Å². The number of imidazole rings is 1. The van der Waals surface area contributed by atoms with Crippen LogP contribution in [0.5, 0.6) is 0 Å². The molecule has 1 N–H and O–H groups in total. The molecule has 3 unspecified atom stereocenters. The van der Waals surface area contributed by atoms with Gasteiger partial charge in [0.1, 0.15) is 5.82 Å². The smallest absolute Gasteiger partial charge is 0.123 e. The number of rotatable bonds is 3. The Labute approximate surface area is 176 Å². The summed E-state index contributed by atoms with van der Waals surface area (Å²) in [4.78, 5) is 8.77. The van der Waals surface area contributed by atoms with Crippen LogP contribution < -0.4 is 0 Å². The SMILES string of the molecule is CC12Cn3cnc(-c4ccc(F)cc4)c3C=C1CCCC2C(C)(O)c1ccncc1. The molecule has 2 aromatic heterocycles. The first kappa shape index (κ1) is 19.2. The summed E-state index contributed by atoms with van der Waals surface area (Å²) in [6.45, 7) is 4.99. The predicted octanol–water partition coefficient (Wildman–Crippen LogP) is 5.20. The number of hydrogen-bond donors (Lipinski definition) is 1. The lowest BCUT2D eigenvalue weighted by Crippen LogP contribution is -2.48. The second-order valence-corrected chi connectivity index (χ2v) is 9.03. The summed E-state index contributed by atoms with van der Waals surface area (Å²) in [5.41, 5.74) is 4.03. The van der Waals surface area contributed by atoms with Crippen molar-refractivity contribution in [3.63, 3.8) is 0 Å². The molecule has 0 amide bonds. The monoisotopic (exact) mass is 403 g/mol. The summed E-state index contributed by atoms with van der Waals surface area (Å²) in [6.07, 6.45) is 10.7. The standard InChI is InChI=1S/C25H26FN3O/c1-24-15-29-16-28-23(17-6-8-20(26)9-7-17)21(29)14-19(24)4-3-5-22(24)25(2,30)18-10-12-27-13-11-18/h6-14,16,22,30H,3-5,15H2,1-2H3. The van der Waals surface area contributed by atoms with Gasteiger partial charge in [-0.1, -0.05) is 12.5 Å². The van der Waals surface area contributed by atoms with Gasteiger partial charge in [0.05, 0.1) is 23.3 Å². The Morgan fingerprint density at radius 1 is 1.17 bits per heavy atom. The number of allylic oxidation sites excluding steroid dienone is 1. The van der Waals surface area contributed by atoms with E-state index in [0.29, 0.717) is 0 Å². The fourth-order valence-corrected chi connectivity index (χ4v) is 5.58. The van der Waals surface area contributed by atoms with Gasteiger partial charge in [-0.2, -0.15) is 0 Å². The number of nitrogens with zero attached hydrogens (tertiary/aromatic N) is 3. The average Bonchev–Trinajstić information content (AvgIpc) is 3.14. The summed E-state index contributed by atoms with van der Waals surface area (Å²) < 4.78 is 15.6. The van der Waals surface area contributed by atoms with Gasteiger partial charge in [0, 0.05) is 35.8 Å². The van der Waals surface area contributed by atoms with E-state index in [4.69, 9.17) is 0 Å². The number of benzene rings is 1. The summed E-state index contributed by atoms with van der Waals surface area (Å²) in [6, 6.07) is 10.3. The van der Waals surface area contributed by atoms with E-state index >= 15 is 0 Å². The fourth-order valence-electron chi connectivity index (χ4n) is 5.58. The molecule has 2 aliphatic rings. The molecule has 5 heteroatoms. The highest BCUT2D eigenvalue weighted by molar-refractivity contribution is 5.72. The quantitative estimate of drug-likeness (QED) is 0.654. The van der Waals surface area contributed by atoms with Crippen molar-refractivity contribution in [2.24, 2.45) is 11.3 Å². The van der Waals surface area contributed by atoms with Crippen molar-refractivity contribution in [3.8, 4) is 11.3 Å². The first-order chi connectivity index (χ1) is 14.4. The number of hydrogen-bond acceptors (Lipinski definition) is 3. The molecular formula is C25H26FN3O. The Morgan fingerprint density at radius 3 is 2.63 bits per heavy atom. The van der Waals surface area contributed by atoms with Gasteiger partial charge in [-0.05, 0) is 74.2 Å². The van der Waals surface area contributed by atoms with Crippen LogP contribution in [0.4, 0.5) is 4.39 Å². The van der Waals surface area contributed by atoms with Crippen LogP contribution in [0.25, 0.3) is 17.3 Å². The minimum Gasteiger partial charge on any atom is -0.385 e. The number of fused-ring (bicyclic) bond motifs is 2. The maximum absolute atomic E-state index is 13.4. The van der Waals surface area contributed by atoms with Gasteiger partial charge < -0.3 is 9.67 Å². The molecule has 3 aromatic rings. The maximum Gasteiger partial charge on any atom is 0.123 e. The van der Waals surface area contributed by atoms with E-state index in [-0.39, 0.29) is 17.2 Å². The van der Waals surface area contributed by atoms with Crippen LogP contribution in [-0.2, 0) is 12.1 Å². The second-order valence-electron chi connectivity index (χ2n) is 9.03. The van der Waals surface area contributed by atoms with E-state index in [1.807, 2.05) is 25.4 Å². The van der Waals surface area contributed by atoms with Crippen LogP contribution in [0.3, 0.4) is 0 Å². The lowest BCUT2D eigenvalue weighted by molar-refractivity contribution is -0.0713. The number of aromatic nitrogens is 3. The maximum atomic E-state index is 13.4. The van der Waals surface area contributed by atoms with Crippen molar-refractivity contribution < 1.29 is 9.50 Å². The van der Waals surface area contributed by atoms with Crippen molar-refractivity contribution in [1.82, 2.24) is 14.5 Å². The van der Waals surface area contributed by atoms with E-state index in [9.17, 15) is 9.50 Å². The molecule has 4 nitrogen and oxygen atoms in total. The van der Waals surface area contributed by atoms with E-state index < -0.39 is 5.60 Å². The molecule has 3 atom stereocenters. The molecule has 5 rings (SSSR count). The Morgan fingerprint density at radius 2 is 1.90 bits per heavy atom. The highest BCUT2D eigenvalue weighted by atomic mass is 19.1. The van der Waals surface area contributed by atoms with Gasteiger partial charge in [0.25, 0.3) is 0 Å². The minimum absolute atomic E-state index is 0.0808. The first-order valence-electron chi connectivity index (χ1n) is 10.5. The molecule has 30 heavy (non-hydrogen) atoms. The topological polar surface area (TPSA) is 50.9 Å². The van der Waals surface area contributed by atoms with Crippen LogP contribution in [0.15, 0.2) is 60.7 Å². The van der Waals surface area contributed by atoms with Gasteiger partial charge in [-0.3, -0.25) is 4.98 Å². The molecule has 0 bridgehead atoms.